The van der Waals surface area contributed by atoms with Gasteiger partial charge in [-0.25, -0.2) is 0 Å². The standard InChI is InChI=1S/C29H35ClF3N3O4/c1-34(2)26(37)22-9-8-21(18-24(22)30)35-14-10-19(11-15-35)20-12-16-36(17-13-20)27(38)28(39,29(31,32)33)23-6-4-5-7-25(23)40-3/h4-9,18-20,39H,10-17H2,1-3H3. The topological polar surface area (TPSA) is 73.3 Å². The molecule has 2 aliphatic heterocycles. The third kappa shape index (κ3) is 5.74. The molecule has 1 atom stereocenters. The van der Waals surface area contributed by atoms with E-state index in [4.69, 9.17) is 16.3 Å². The second-order valence-corrected chi connectivity index (χ2v) is 11.1. The molecule has 2 aromatic carbocycles. The largest absolute Gasteiger partial charge is 0.496 e. The van der Waals surface area contributed by atoms with E-state index in [1.165, 1.54) is 30.2 Å². The first-order valence-corrected chi connectivity index (χ1v) is 13.7. The summed E-state index contributed by atoms with van der Waals surface area (Å²) in [6.07, 6.45) is -2.26. The highest BCUT2D eigenvalue weighted by atomic mass is 35.5. The van der Waals surface area contributed by atoms with Crippen LogP contribution in [0.4, 0.5) is 18.9 Å². The molecular formula is C29H35ClF3N3O4. The monoisotopic (exact) mass is 581 g/mol. The van der Waals surface area contributed by atoms with Gasteiger partial charge in [-0.15, -0.1) is 0 Å². The zero-order chi connectivity index (χ0) is 29.2. The number of rotatable bonds is 6. The molecule has 40 heavy (non-hydrogen) atoms. The van der Waals surface area contributed by atoms with Crippen LogP contribution >= 0.6 is 11.6 Å². The minimum absolute atomic E-state index is 0.147. The van der Waals surface area contributed by atoms with Crippen LogP contribution < -0.4 is 9.64 Å². The summed E-state index contributed by atoms with van der Waals surface area (Å²) in [6, 6.07) is 10.6. The summed E-state index contributed by atoms with van der Waals surface area (Å²) in [6.45, 7) is 1.88. The molecule has 0 saturated carbocycles. The Morgan fingerprint density at radius 2 is 1.55 bits per heavy atom. The lowest BCUT2D eigenvalue weighted by molar-refractivity contribution is -0.262. The number of halogens is 4. The molecule has 11 heteroatoms. The Labute approximate surface area is 237 Å². The molecule has 2 aromatic rings. The molecule has 218 valence electrons. The van der Waals surface area contributed by atoms with Crippen LogP contribution in [0.25, 0.3) is 0 Å². The number of nitrogens with zero attached hydrogens (tertiary/aromatic N) is 3. The number of methoxy groups -OCH3 is 1. The molecule has 0 spiro atoms. The summed E-state index contributed by atoms with van der Waals surface area (Å²) >= 11 is 6.39. The van der Waals surface area contributed by atoms with Crippen molar-refractivity contribution >= 4 is 29.1 Å². The number of carbonyl (C=O) groups excluding carboxylic acids is 2. The molecule has 1 N–H and O–H groups in total. The number of likely N-dealkylation sites (tertiary alicyclic amines) is 1. The van der Waals surface area contributed by atoms with E-state index < -0.39 is 23.2 Å². The van der Waals surface area contributed by atoms with Crippen LogP contribution in [0.2, 0.25) is 5.02 Å². The van der Waals surface area contributed by atoms with Crippen molar-refractivity contribution in [3.8, 4) is 5.75 Å². The molecule has 7 nitrogen and oxygen atoms in total. The number of hydrogen-bond donors (Lipinski definition) is 1. The zero-order valence-corrected chi connectivity index (χ0v) is 23.6. The Morgan fingerprint density at radius 3 is 2.08 bits per heavy atom. The van der Waals surface area contributed by atoms with Crippen LogP contribution in [-0.2, 0) is 10.4 Å². The highest BCUT2D eigenvalue weighted by molar-refractivity contribution is 6.34. The highest BCUT2D eigenvalue weighted by Gasteiger charge is 2.63. The number of anilines is 1. The fraction of sp³-hybridized carbons (Fsp3) is 0.517. The van der Waals surface area contributed by atoms with Crippen LogP contribution in [0.1, 0.15) is 41.6 Å². The Balaban J connectivity index is 1.37. The van der Waals surface area contributed by atoms with Gasteiger partial charge in [-0.3, -0.25) is 9.59 Å². The average Bonchev–Trinajstić information content (AvgIpc) is 2.95. The minimum atomic E-state index is -5.22. The molecule has 2 saturated heterocycles. The van der Waals surface area contributed by atoms with Crippen molar-refractivity contribution in [1.29, 1.82) is 0 Å². The lowest BCUT2D eigenvalue weighted by Crippen LogP contribution is -2.57. The van der Waals surface area contributed by atoms with Crippen molar-refractivity contribution in [3.63, 3.8) is 0 Å². The van der Waals surface area contributed by atoms with Crippen molar-refractivity contribution in [1.82, 2.24) is 9.80 Å². The van der Waals surface area contributed by atoms with Crippen LogP contribution in [0.3, 0.4) is 0 Å². The summed E-state index contributed by atoms with van der Waals surface area (Å²) in [5.74, 6) is -1.06. The van der Waals surface area contributed by atoms with Gasteiger partial charge in [0, 0.05) is 51.5 Å². The number of amides is 2. The molecule has 0 aliphatic carbocycles. The smallest absolute Gasteiger partial charge is 0.430 e. The van der Waals surface area contributed by atoms with Gasteiger partial charge in [0.2, 0.25) is 0 Å². The fourth-order valence-electron chi connectivity index (χ4n) is 5.88. The predicted octanol–water partition coefficient (Wildman–Crippen LogP) is 4.96. The molecule has 2 amide bonds. The lowest BCUT2D eigenvalue weighted by atomic mass is 9.78. The van der Waals surface area contributed by atoms with Crippen LogP contribution in [0.15, 0.2) is 42.5 Å². The average molecular weight is 582 g/mol. The quantitative estimate of drug-likeness (QED) is 0.522. The Morgan fingerprint density at radius 1 is 0.975 bits per heavy atom. The molecule has 4 rings (SSSR count). The molecule has 0 bridgehead atoms. The summed E-state index contributed by atoms with van der Waals surface area (Å²) in [5, 5.41) is 11.3. The molecule has 2 fully saturated rings. The van der Waals surface area contributed by atoms with E-state index in [0.29, 0.717) is 29.3 Å². The number of aliphatic hydroxyl groups is 1. The first-order valence-electron chi connectivity index (χ1n) is 13.4. The molecular weight excluding hydrogens is 547 g/mol. The van der Waals surface area contributed by atoms with E-state index in [1.54, 1.807) is 20.2 Å². The fourth-order valence-corrected chi connectivity index (χ4v) is 6.14. The predicted molar refractivity (Wildman–Crippen MR) is 147 cm³/mol. The van der Waals surface area contributed by atoms with Gasteiger partial charge >= 0.3 is 6.18 Å². The molecule has 2 aliphatic rings. The number of ether oxygens (including phenoxy) is 1. The minimum Gasteiger partial charge on any atom is -0.496 e. The third-order valence-corrected chi connectivity index (χ3v) is 8.52. The normalized spacial score (nSPS) is 18.8. The number of piperidine rings is 2. The van der Waals surface area contributed by atoms with Gasteiger partial charge in [0.25, 0.3) is 17.4 Å². The van der Waals surface area contributed by atoms with Crippen molar-refractivity contribution in [2.75, 3.05) is 52.3 Å². The Kier molecular flexibility index (Phi) is 8.89. The maximum Gasteiger partial charge on any atom is 0.430 e. The van der Waals surface area contributed by atoms with Gasteiger partial charge < -0.3 is 24.5 Å². The van der Waals surface area contributed by atoms with Gasteiger partial charge in [0.05, 0.1) is 17.7 Å². The van der Waals surface area contributed by atoms with E-state index in [0.717, 1.165) is 42.6 Å². The van der Waals surface area contributed by atoms with Gasteiger partial charge in [0.15, 0.2) is 0 Å². The number of alkyl halides is 3. The highest BCUT2D eigenvalue weighted by Crippen LogP contribution is 2.45. The SMILES string of the molecule is COc1ccccc1C(O)(C(=O)N1CCC(C2CCN(c3ccc(C(=O)N(C)C)c(Cl)c3)CC2)CC1)C(F)(F)F. The number of carbonyl (C=O) groups is 2. The van der Waals surface area contributed by atoms with Crippen molar-refractivity contribution in [3.05, 3.63) is 58.6 Å². The number of hydrogen-bond acceptors (Lipinski definition) is 5. The van der Waals surface area contributed by atoms with Crippen molar-refractivity contribution in [2.45, 2.75) is 37.5 Å². The van der Waals surface area contributed by atoms with E-state index >= 15 is 0 Å². The number of benzene rings is 2. The first kappa shape index (κ1) is 30.0. The summed E-state index contributed by atoms with van der Waals surface area (Å²) in [5.41, 5.74) is -2.90. The van der Waals surface area contributed by atoms with Crippen LogP contribution in [0, 0.1) is 11.8 Å². The van der Waals surface area contributed by atoms with Gasteiger partial charge in [-0.2, -0.15) is 13.2 Å². The molecule has 1 unspecified atom stereocenters. The van der Waals surface area contributed by atoms with Gasteiger partial charge in [0.1, 0.15) is 5.75 Å². The second kappa shape index (κ2) is 11.9. The van der Waals surface area contributed by atoms with Crippen LogP contribution in [-0.4, -0.2) is 80.3 Å². The summed E-state index contributed by atoms with van der Waals surface area (Å²) < 4.78 is 47.6. The van der Waals surface area contributed by atoms with E-state index in [2.05, 4.69) is 4.90 Å². The second-order valence-electron chi connectivity index (χ2n) is 10.7. The number of para-hydroxylation sites is 1. The Hall–Kier alpha value is -2.98. The van der Waals surface area contributed by atoms with E-state index in [1.807, 2.05) is 12.1 Å². The maximum absolute atomic E-state index is 14.2. The van der Waals surface area contributed by atoms with Crippen molar-refractivity contribution in [2.24, 2.45) is 11.8 Å². The van der Waals surface area contributed by atoms with E-state index in [-0.39, 0.29) is 30.7 Å². The summed E-state index contributed by atoms with van der Waals surface area (Å²) in [4.78, 5) is 30.3. The Bertz CT molecular complexity index is 1230. The summed E-state index contributed by atoms with van der Waals surface area (Å²) in [7, 11) is 4.55. The van der Waals surface area contributed by atoms with Crippen LogP contribution in [0.5, 0.6) is 5.75 Å². The van der Waals surface area contributed by atoms with Crippen molar-refractivity contribution < 1.29 is 32.6 Å². The van der Waals surface area contributed by atoms with Gasteiger partial charge in [-0.1, -0.05) is 29.8 Å². The lowest BCUT2D eigenvalue weighted by Gasteiger charge is -2.42. The zero-order valence-electron chi connectivity index (χ0n) is 22.9. The maximum atomic E-state index is 14.2. The molecule has 2 heterocycles. The first-order chi connectivity index (χ1) is 18.9. The molecule has 0 aromatic heterocycles. The van der Waals surface area contributed by atoms with E-state index in [9.17, 15) is 27.9 Å². The van der Waals surface area contributed by atoms with Gasteiger partial charge in [-0.05, 0) is 61.8 Å². The third-order valence-electron chi connectivity index (χ3n) is 8.20. The molecule has 0 radical (unpaired) electrons.